The van der Waals surface area contributed by atoms with Gasteiger partial charge in [-0.05, 0) is 30.3 Å². The zero-order valence-electron chi connectivity index (χ0n) is 13.4. The van der Waals surface area contributed by atoms with Gasteiger partial charge in [-0.3, -0.25) is 9.59 Å². The Hall–Kier alpha value is -2.67. The lowest BCUT2D eigenvalue weighted by molar-refractivity contribution is -0.144. The highest BCUT2D eigenvalue weighted by atomic mass is 32.2. The zero-order valence-corrected chi connectivity index (χ0v) is 14.2. The van der Waals surface area contributed by atoms with Gasteiger partial charge in [0.2, 0.25) is 0 Å². The third-order valence-electron chi connectivity index (χ3n) is 3.29. The van der Waals surface area contributed by atoms with Crippen LogP contribution in [0.3, 0.4) is 0 Å². The maximum absolute atomic E-state index is 11.8. The maximum Gasteiger partial charge on any atom is 0.316 e. The molecule has 1 aliphatic rings. The Balaban J connectivity index is 1.41. The number of hydrogen-bond donors (Lipinski definition) is 1. The first-order valence-corrected chi connectivity index (χ1v) is 8.72. The second-order valence-corrected chi connectivity index (χ2v) is 6.22. The third kappa shape index (κ3) is 5.15. The van der Waals surface area contributed by atoms with Gasteiger partial charge in [0, 0.05) is 10.6 Å². The summed E-state index contributed by atoms with van der Waals surface area (Å²) in [6.07, 6.45) is 0. The number of nitrogens with one attached hydrogen (secondary N) is 1. The van der Waals surface area contributed by atoms with Gasteiger partial charge in [-0.2, -0.15) is 0 Å². The minimum atomic E-state index is -0.455. The number of benzene rings is 2. The molecule has 2 aromatic carbocycles. The molecule has 0 spiro atoms. The van der Waals surface area contributed by atoms with Crippen LogP contribution in [0, 0.1) is 0 Å². The summed E-state index contributed by atoms with van der Waals surface area (Å²) in [7, 11) is 0. The van der Waals surface area contributed by atoms with Gasteiger partial charge >= 0.3 is 5.97 Å². The van der Waals surface area contributed by atoms with Crippen molar-refractivity contribution in [2.24, 2.45) is 0 Å². The van der Waals surface area contributed by atoms with Crippen LogP contribution in [0.5, 0.6) is 11.5 Å². The molecular weight excluding hydrogens is 342 g/mol. The molecule has 0 atom stereocenters. The molecule has 0 fully saturated rings. The molecule has 0 aliphatic carbocycles. The predicted molar refractivity (Wildman–Crippen MR) is 94.2 cm³/mol. The van der Waals surface area contributed by atoms with Gasteiger partial charge in [-0.15, -0.1) is 11.8 Å². The molecule has 0 aromatic heterocycles. The van der Waals surface area contributed by atoms with E-state index in [1.807, 2.05) is 36.4 Å². The first kappa shape index (κ1) is 17.2. The lowest BCUT2D eigenvalue weighted by Gasteiger charge is -2.18. The molecule has 0 radical (unpaired) electrons. The quantitative estimate of drug-likeness (QED) is 0.631. The van der Waals surface area contributed by atoms with Gasteiger partial charge in [0.15, 0.2) is 18.1 Å². The fourth-order valence-corrected chi connectivity index (χ4v) is 2.88. The molecule has 0 bridgehead atoms. The molecule has 2 aromatic rings. The van der Waals surface area contributed by atoms with Gasteiger partial charge in [0.1, 0.15) is 13.2 Å². The van der Waals surface area contributed by atoms with E-state index >= 15 is 0 Å². The number of hydrogen-bond acceptors (Lipinski definition) is 6. The number of ether oxygens (including phenoxy) is 3. The second kappa shape index (κ2) is 8.43. The molecule has 1 heterocycles. The summed E-state index contributed by atoms with van der Waals surface area (Å²) in [4.78, 5) is 24.4. The van der Waals surface area contributed by atoms with Crippen molar-refractivity contribution in [1.29, 1.82) is 0 Å². The van der Waals surface area contributed by atoms with E-state index < -0.39 is 5.97 Å². The Bertz CT molecular complexity index is 750. The van der Waals surface area contributed by atoms with E-state index in [4.69, 9.17) is 14.2 Å². The maximum atomic E-state index is 11.8. The van der Waals surface area contributed by atoms with E-state index in [-0.39, 0.29) is 18.3 Å². The molecule has 1 aliphatic heterocycles. The Labute approximate surface area is 149 Å². The summed E-state index contributed by atoms with van der Waals surface area (Å²) in [5, 5.41) is 2.65. The minimum absolute atomic E-state index is 0.109. The highest BCUT2D eigenvalue weighted by Gasteiger charge is 2.13. The van der Waals surface area contributed by atoms with Crippen LogP contribution >= 0.6 is 11.8 Å². The predicted octanol–water partition coefficient (Wildman–Crippen LogP) is 2.73. The fraction of sp³-hybridized carbons (Fsp3) is 0.222. The Morgan fingerprint density at radius 2 is 1.80 bits per heavy atom. The van der Waals surface area contributed by atoms with E-state index in [1.54, 1.807) is 12.1 Å². The highest BCUT2D eigenvalue weighted by molar-refractivity contribution is 8.00. The molecule has 3 rings (SSSR count). The van der Waals surface area contributed by atoms with Gasteiger partial charge in [-0.1, -0.05) is 18.2 Å². The number of carbonyl (C=O) groups is 2. The average Bonchev–Trinajstić information content (AvgIpc) is 2.65. The summed E-state index contributed by atoms with van der Waals surface area (Å²) >= 11 is 1.32. The van der Waals surface area contributed by atoms with Crippen LogP contribution in [-0.2, 0) is 14.3 Å². The summed E-state index contributed by atoms with van der Waals surface area (Å²) in [6, 6.07) is 14.5. The van der Waals surface area contributed by atoms with Crippen molar-refractivity contribution in [1.82, 2.24) is 0 Å². The zero-order chi connectivity index (χ0) is 17.5. The van der Waals surface area contributed by atoms with Gasteiger partial charge in [0.05, 0.1) is 5.75 Å². The van der Waals surface area contributed by atoms with Gasteiger partial charge < -0.3 is 19.5 Å². The number of para-hydroxylation sites is 1. The number of rotatable bonds is 6. The van der Waals surface area contributed by atoms with Crippen LogP contribution in [0.1, 0.15) is 0 Å². The topological polar surface area (TPSA) is 73.9 Å². The molecule has 1 N–H and O–H groups in total. The molecule has 6 nitrogen and oxygen atoms in total. The summed E-state index contributed by atoms with van der Waals surface area (Å²) in [5.41, 5.74) is 0.661. The Morgan fingerprint density at radius 1 is 1.04 bits per heavy atom. The molecule has 1 amide bonds. The largest absolute Gasteiger partial charge is 0.486 e. The number of carbonyl (C=O) groups excluding carboxylic acids is 2. The van der Waals surface area contributed by atoms with Crippen molar-refractivity contribution in [2.75, 3.05) is 30.9 Å². The lowest BCUT2D eigenvalue weighted by atomic mass is 10.3. The number of anilines is 1. The summed E-state index contributed by atoms with van der Waals surface area (Å²) < 4.78 is 15.9. The molecule has 0 saturated heterocycles. The Morgan fingerprint density at radius 3 is 2.60 bits per heavy atom. The Kier molecular flexibility index (Phi) is 5.79. The van der Waals surface area contributed by atoms with Crippen LogP contribution in [0.2, 0.25) is 0 Å². The van der Waals surface area contributed by atoms with Crippen molar-refractivity contribution < 1.29 is 23.8 Å². The summed E-state index contributed by atoms with van der Waals surface area (Å²) in [5.74, 6) is 0.660. The standard InChI is InChI=1S/C18H17NO5S/c20-17(19-13-4-2-1-3-5-13)11-24-18(21)12-25-14-6-7-15-16(10-14)23-9-8-22-15/h1-7,10H,8-9,11-12H2,(H,19,20). The van der Waals surface area contributed by atoms with E-state index in [2.05, 4.69) is 5.32 Å². The number of fused-ring (bicyclic) bond motifs is 1. The van der Waals surface area contributed by atoms with Crippen LogP contribution in [0.4, 0.5) is 5.69 Å². The lowest BCUT2D eigenvalue weighted by Crippen LogP contribution is -2.21. The van der Waals surface area contributed by atoms with E-state index in [9.17, 15) is 9.59 Å². The molecule has 0 unspecified atom stereocenters. The van der Waals surface area contributed by atoms with Crippen molar-refractivity contribution in [3.63, 3.8) is 0 Å². The van der Waals surface area contributed by atoms with Crippen molar-refractivity contribution in [3.8, 4) is 11.5 Å². The normalized spacial score (nSPS) is 12.3. The molecular formula is C18H17NO5S. The summed E-state index contributed by atoms with van der Waals surface area (Å²) in [6.45, 7) is 0.742. The van der Waals surface area contributed by atoms with Gasteiger partial charge in [0.25, 0.3) is 5.91 Å². The van der Waals surface area contributed by atoms with E-state index in [0.717, 1.165) is 4.90 Å². The fourth-order valence-electron chi connectivity index (χ4n) is 2.16. The highest BCUT2D eigenvalue weighted by Crippen LogP contribution is 2.34. The van der Waals surface area contributed by atoms with E-state index in [0.29, 0.717) is 30.4 Å². The molecule has 0 saturated carbocycles. The number of esters is 1. The number of amides is 1. The molecule has 130 valence electrons. The second-order valence-electron chi connectivity index (χ2n) is 5.17. The molecule has 7 heteroatoms. The SMILES string of the molecule is O=C(COC(=O)CSc1ccc2c(c1)OCCO2)Nc1ccccc1. The first-order valence-electron chi connectivity index (χ1n) is 7.74. The minimum Gasteiger partial charge on any atom is -0.486 e. The smallest absolute Gasteiger partial charge is 0.316 e. The molecule has 25 heavy (non-hydrogen) atoms. The average molecular weight is 359 g/mol. The van der Waals surface area contributed by atoms with Crippen molar-refractivity contribution >= 4 is 29.3 Å². The van der Waals surface area contributed by atoms with Crippen LogP contribution in [0.25, 0.3) is 0 Å². The third-order valence-corrected chi connectivity index (χ3v) is 4.26. The van der Waals surface area contributed by atoms with Crippen molar-refractivity contribution in [3.05, 3.63) is 48.5 Å². The van der Waals surface area contributed by atoms with E-state index in [1.165, 1.54) is 11.8 Å². The van der Waals surface area contributed by atoms with Crippen LogP contribution < -0.4 is 14.8 Å². The first-order chi connectivity index (χ1) is 12.2. The van der Waals surface area contributed by atoms with Crippen molar-refractivity contribution in [2.45, 2.75) is 4.90 Å². The van der Waals surface area contributed by atoms with Crippen LogP contribution in [-0.4, -0.2) is 37.4 Å². The number of thioether (sulfide) groups is 1. The van der Waals surface area contributed by atoms with Gasteiger partial charge in [-0.25, -0.2) is 0 Å². The monoisotopic (exact) mass is 359 g/mol. The van der Waals surface area contributed by atoms with Crippen LogP contribution in [0.15, 0.2) is 53.4 Å².